The molecule has 0 spiro atoms. The fraction of sp³-hybridized carbons (Fsp3) is 0.250. The van der Waals surface area contributed by atoms with Gasteiger partial charge < -0.3 is 14.0 Å². The van der Waals surface area contributed by atoms with Gasteiger partial charge in [0.15, 0.2) is 20.0 Å². The van der Waals surface area contributed by atoms with E-state index in [1.807, 2.05) is 57.4 Å². The quantitative estimate of drug-likeness (QED) is 0.387. The molecule has 8 nitrogen and oxygen atoms in total. The largest absolute Gasteiger partial charge is 0.741 e. The molecule has 13 heteroatoms. The second kappa shape index (κ2) is 9.53. The molecule has 0 N–H and O–H groups in total. The van der Waals surface area contributed by atoms with E-state index in [1.165, 1.54) is 6.26 Å². The van der Waals surface area contributed by atoms with Gasteiger partial charge in [-0.15, -0.1) is 0 Å². The van der Waals surface area contributed by atoms with E-state index in [4.69, 9.17) is 17.5 Å². The van der Waals surface area contributed by atoms with E-state index >= 15 is 0 Å². The molecule has 0 bridgehead atoms. The first-order valence-corrected chi connectivity index (χ1v) is 12.4. The highest BCUT2D eigenvalue weighted by Crippen LogP contribution is 2.37. The van der Waals surface area contributed by atoms with Crippen molar-refractivity contribution < 1.29 is 39.1 Å². The van der Waals surface area contributed by atoms with E-state index in [1.54, 1.807) is 17.0 Å². The molecule has 0 atom stereocenters. The number of nitrogens with zero attached hydrogens (tertiary/aromatic N) is 2. The molecule has 0 aliphatic carbocycles. The number of aromatic nitrogens is 1. The number of anilines is 1. The van der Waals surface area contributed by atoms with Crippen molar-refractivity contribution in [1.82, 2.24) is 5.16 Å². The number of hydrogen-bond donors (Lipinski definition) is 0. The van der Waals surface area contributed by atoms with Gasteiger partial charge in [0.05, 0.1) is 16.1 Å². The lowest BCUT2D eigenvalue weighted by molar-refractivity contribution is -0.0517. The number of alkyl halides is 3. The smallest absolute Gasteiger partial charge is 0.485 e. The Morgan fingerprint density at radius 2 is 1.52 bits per heavy atom. The standard InChI is InChI=1S/C19H20N2O3S.CHF3O3S/c1-13-18(19(20-24-13)14-8-6-5-7-9-14)15-10-11-17(25(4,22)23)16(12-15)21(2)3;2-1(3,4)8(5,6)7/h5-12H,1-4H3;(H,5,6,7)/p-1. The number of aryl methyl sites for hydroxylation is 1. The Balaban J connectivity index is 0.000000414. The fourth-order valence-electron chi connectivity index (χ4n) is 2.84. The lowest BCUT2D eigenvalue weighted by Gasteiger charge is -2.18. The van der Waals surface area contributed by atoms with Crippen molar-refractivity contribution in [1.29, 1.82) is 0 Å². The highest BCUT2D eigenvalue weighted by Gasteiger charge is 2.36. The Kier molecular flexibility index (Phi) is 7.61. The van der Waals surface area contributed by atoms with Gasteiger partial charge in [-0.05, 0) is 24.6 Å². The summed E-state index contributed by atoms with van der Waals surface area (Å²) in [7, 11) is -5.76. The van der Waals surface area contributed by atoms with Gasteiger partial charge in [-0.2, -0.15) is 13.2 Å². The average Bonchev–Trinajstić information content (AvgIpc) is 3.08. The molecule has 0 radical (unpaired) electrons. The lowest BCUT2D eigenvalue weighted by Crippen LogP contribution is -2.21. The highest BCUT2D eigenvalue weighted by molar-refractivity contribution is 7.90. The van der Waals surface area contributed by atoms with Crippen LogP contribution in [0, 0.1) is 6.92 Å². The second-order valence-electron chi connectivity index (χ2n) is 7.08. The third-order valence-corrected chi connectivity index (χ3v) is 6.03. The van der Waals surface area contributed by atoms with Crippen LogP contribution in [0.25, 0.3) is 22.4 Å². The van der Waals surface area contributed by atoms with Crippen molar-refractivity contribution in [3.63, 3.8) is 0 Å². The van der Waals surface area contributed by atoms with Gasteiger partial charge in [0, 0.05) is 25.9 Å². The minimum atomic E-state index is -6.09. The third kappa shape index (κ3) is 6.33. The van der Waals surface area contributed by atoms with Gasteiger partial charge in [0.1, 0.15) is 11.5 Å². The molecular formula is C20H20F3N2O6S2-. The Morgan fingerprint density at radius 3 is 1.97 bits per heavy atom. The molecule has 0 aliphatic rings. The SMILES string of the molecule is Cc1onc(-c2ccccc2)c1-c1ccc(S(C)(=O)=O)c(N(C)C)c1.O=S(=O)([O-])C(F)(F)F. The van der Waals surface area contributed by atoms with E-state index in [2.05, 4.69) is 5.16 Å². The predicted octanol–water partition coefficient (Wildman–Crippen LogP) is 3.84. The first-order chi connectivity index (χ1) is 15.0. The summed E-state index contributed by atoms with van der Waals surface area (Å²) >= 11 is 0. The molecular weight excluding hydrogens is 485 g/mol. The molecule has 0 aliphatic heterocycles. The first kappa shape index (κ1) is 26.4. The second-order valence-corrected chi connectivity index (χ2v) is 10.4. The van der Waals surface area contributed by atoms with Crippen LogP contribution in [-0.2, 0) is 20.0 Å². The topological polar surface area (TPSA) is 121 Å². The summed E-state index contributed by atoms with van der Waals surface area (Å²) in [4.78, 5) is 2.10. The summed E-state index contributed by atoms with van der Waals surface area (Å²) in [5, 5.41) is 4.20. The Labute approximate surface area is 189 Å². The summed E-state index contributed by atoms with van der Waals surface area (Å²) in [5.41, 5.74) is -1.57. The summed E-state index contributed by atoms with van der Waals surface area (Å²) in [6.07, 6.45) is 1.22. The van der Waals surface area contributed by atoms with Crippen LogP contribution in [0.3, 0.4) is 0 Å². The van der Waals surface area contributed by atoms with Crippen molar-refractivity contribution in [3.8, 4) is 22.4 Å². The zero-order valence-electron chi connectivity index (χ0n) is 17.9. The van der Waals surface area contributed by atoms with Crippen molar-refractivity contribution in [3.05, 3.63) is 54.3 Å². The van der Waals surface area contributed by atoms with E-state index in [0.29, 0.717) is 16.3 Å². The summed E-state index contributed by atoms with van der Waals surface area (Å²) in [6, 6.07) is 15.1. The normalized spacial score (nSPS) is 12.1. The maximum absolute atomic E-state index is 12.1. The van der Waals surface area contributed by atoms with Gasteiger partial charge >= 0.3 is 5.51 Å². The molecule has 0 saturated carbocycles. The summed E-state index contributed by atoms with van der Waals surface area (Å²) in [6.45, 7) is 1.86. The van der Waals surface area contributed by atoms with Gasteiger partial charge in [-0.3, -0.25) is 0 Å². The summed E-state index contributed by atoms with van der Waals surface area (Å²) in [5.74, 6) is 0.690. The maximum atomic E-state index is 12.1. The Morgan fingerprint density at radius 1 is 0.970 bits per heavy atom. The molecule has 0 unspecified atom stereocenters. The van der Waals surface area contributed by atoms with Crippen molar-refractivity contribution in [2.24, 2.45) is 0 Å². The molecule has 3 aromatic rings. The Bertz CT molecular complexity index is 1330. The molecule has 0 saturated heterocycles. The third-order valence-electron chi connectivity index (χ3n) is 4.32. The van der Waals surface area contributed by atoms with Crippen LogP contribution in [0.2, 0.25) is 0 Å². The Hall–Kier alpha value is -2.90. The van der Waals surface area contributed by atoms with Gasteiger partial charge in [-0.25, -0.2) is 16.8 Å². The van der Waals surface area contributed by atoms with Crippen LogP contribution in [0.15, 0.2) is 57.9 Å². The monoisotopic (exact) mass is 505 g/mol. The molecule has 0 amide bonds. The number of benzene rings is 2. The highest BCUT2D eigenvalue weighted by atomic mass is 32.2. The molecule has 33 heavy (non-hydrogen) atoms. The van der Waals surface area contributed by atoms with Crippen molar-refractivity contribution in [2.75, 3.05) is 25.3 Å². The number of hydrogen-bond acceptors (Lipinski definition) is 8. The van der Waals surface area contributed by atoms with Gasteiger partial charge in [0.25, 0.3) is 0 Å². The van der Waals surface area contributed by atoms with Crippen LogP contribution >= 0.6 is 0 Å². The van der Waals surface area contributed by atoms with Crippen LogP contribution in [-0.4, -0.2) is 52.4 Å². The van der Waals surface area contributed by atoms with Crippen molar-refractivity contribution in [2.45, 2.75) is 17.3 Å². The minimum Gasteiger partial charge on any atom is -0.741 e. The molecule has 1 heterocycles. The van der Waals surface area contributed by atoms with Crippen LogP contribution in [0.4, 0.5) is 18.9 Å². The molecule has 3 rings (SSSR count). The molecule has 180 valence electrons. The lowest BCUT2D eigenvalue weighted by atomic mass is 9.99. The predicted molar refractivity (Wildman–Crippen MR) is 115 cm³/mol. The minimum absolute atomic E-state index is 0.302. The molecule has 1 aromatic heterocycles. The number of sulfone groups is 1. The van der Waals surface area contributed by atoms with Gasteiger partial charge in [0.2, 0.25) is 0 Å². The van der Waals surface area contributed by atoms with E-state index in [9.17, 15) is 21.6 Å². The van der Waals surface area contributed by atoms with Crippen LogP contribution in [0.5, 0.6) is 0 Å². The molecule has 0 fully saturated rings. The van der Waals surface area contributed by atoms with E-state index in [0.717, 1.165) is 22.4 Å². The first-order valence-electron chi connectivity index (χ1n) is 9.09. The van der Waals surface area contributed by atoms with Crippen molar-refractivity contribution >= 4 is 25.6 Å². The summed E-state index contributed by atoms with van der Waals surface area (Å²) < 4.78 is 88.4. The number of halogens is 3. The fourth-order valence-corrected chi connectivity index (χ4v) is 3.78. The van der Waals surface area contributed by atoms with Crippen LogP contribution in [0.1, 0.15) is 5.76 Å². The van der Waals surface area contributed by atoms with E-state index in [-0.39, 0.29) is 0 Å². The zero-order chi connectivity index (χ0) is 25.2. The maximum Gasteiger partial charge on any atom is 0.485 e. The number of rotatable bonds is 4. The molecule has 2 aromatic carbocycles. The van der Waals surface area contributed by atoms with Crippen LogP contribution < -0.4 is 4.90 Å². The van der Waals surface area contributed by atoms with Gasteiger partial charge in [-0.1, -0.05) is 41.6 Å². The zero-order valence-corrected chi connectivity index (χ0v) is 19.5. The average molecular weight is 506 g/mol. The van der Waals surface area contributed by atoms with E-state index < -0.39 is 25.5 Å².